The molecule has 82 valence electrons. The average molecular weight is 214 g/mol. The van der Waals surface area contributed by atoms with Gasteiger partial charge in [-0.05, 0) is 51.1 Å². The van der Waals surface area contributed by atoms with Crippen molar-refractivity contribution in [2.45, 2.75) is 25.3 Å². The molecule has 0 aromatic heterocycles. The summed E-state index contributed by atoms with van der Waals surface area (Å²) in [6.45, 7) is 3.85. The highest BCUT2D eigenvalue weighted by molar-refractivity contribution is 7.99. The predicted octanol–water partition coefficient (Wildman–Crippen LogP) is 1.42. The van der Waals surface area contributed by atoms with Gasteiger partial charge in [0.1, 0.15) is 0 Å². The summed E-state index contributed by atoms with van der Waals surface area (Å²) in [6, 6.07) is 0.812. The lowest BCUT2D eigenvalue weighted by Gasteiger charge is -2.30. The summed E-state index contributed by atoms with van der Waals surface area (Å²) in [5, 5.41) is 3.72. The van der Waals surface area contributed by atoms with Gasteiger partial charge in [0.2, 0.25) is 0 Å². The number of nitrogens with one attached hydrogen (secondary N) is 1. The molecule has 0 amide bonds. The molecule has 2 heterocycles. The van der Waals surface area contributed by atoms with Gasteiger partial charge >= 0.3 is 0 Å². The fourth-order valence-electron chi connectivity index (χ4n) is 2.47. The van der Waals surface area contributed by atoms with Crippen molar-refractivity contribution in [1.29, 1.82) is 0 Å². The Labute approximate surface area is 91.8 Å². The summed E-state index contributed by atoms with van der Waals surface area (Å²) >= 11 is 2.10. The summed E-state index contributed by atoms with van der Waals surface area (Å²) in [4.78, 5) is 2.47. The Morgan fingerprint density at radius 3 is 3.07 bits per heavy atom. The van der Waals surface area contributed by atoms with Gasteiger partial charge in [0.25, 0.3) is 0 Å². The topological polar surface area (TPSA) is 15.3 Å². The van der Waals surface area contributed by atoms with Gasteiger partial charge in [-0.1, -0.05) is 0 Å². The van der Waals surface area contributed by atoms with Gasteiger partial charge in [0, 0.05) is 18.3 Å². The van der Waals surface area contributed by atoms with Gasteiger partial charge in [0.05, 0.1) is 0 Å². The van der Waals surface area contributed by atoms with E-state index >= 15 is 0 Å². The number of hydrogen-bond donors (Lipinski definition) is 1. The minimum Gasteiger partial charge on any atom is -0.313 e. The van der Waals surface area contributed by atoms with Gasteiger partial charge in [-0.3, -0.25) is 0 Å². The minimum atomic E-state index is 0.812. The number of rotatable bonds is 3. The summed E-state index contributed by atoms with van der Waals surface area (Å²) < 4.78 is 0. The van der Waals surface area contributed by atoms with Crippen LogP contribution >= 0.6 is 11.8 Å². The van der Waals surface area contributed by atoms with E-state index in [1.54, 1.807) is 0 Å². The van der Waals surface area contributed by atoms with Crippen molar-refractivity contribution in [3.63, 3.8) is 0 Å². The Morgan fingerprint density at radius 1 is 1.43 bits per heavy atom. The number of likely N-dealkylation sites (tertiary alicyclic amines) is 1. The Bertz CT molecular complexity index is 169. The fourth-order valence-corrected chi connectivity index (χ4v) is 3.66. The van der Waals surface area contributed by atoms with E-state index in [9.17, 15) is 0 Å². The van der Waals surface area contributed by atoms with E-state index in [1.165, 1.54) is 50.4 Å². The van der Waals surface area contributed by atoms with Crippen molar-refractivity contribution in [2.24, 2.45) is 5.92 Å². The van der Waals surface area contributed by atoms with E-state index in [1.807, 2.05) is 0 Å². The molecular formula is C11H22N2S. The van der Waals surface area contributed by atoms with Gasteiger partial charge in [-0.15, -0.1) is 0 Å². The van der Waals surface area contributed by atoms with Crippen molar-refractivity contribution >= 4 is 11.8 Å². The highest BCUT2D eigenvalue weighted by Crippen LogP contribution is 2.19. The third-order valence-electron chi connectivity index (χ3n) is 3.35. The van der Waals surface area contributed by atoms with Crippen LogP contribution in [0.25, 0.3) is 0 Å². The largest absolute Gasteiger partial charge is 0.313 e. The first-order chi connectivity index (χ1) is 6.84. The van der Waals surface area contributed by atoms with Gasteiger partial charge in [-0.2, -0.15) is 11.8 Å². The highest BCUT2D eigenvalue weighted by atomic mass is 32.2. The Kier molecular flexibility index (Phi) is 4.14. The van der Waals surface area contributed by atoms with E-state index < -0.39 is 0 Å². The first-order valence-electron chi connectivity index (χ1n) is 5.84. The van der Waals surface area contributed by atoms with Crippen LogP contribution in [0.5, 0.6) is 0 Å². The van der Waals surface area contributed by atoms with Crippen LogP contribution in [0.1, 0.15) is 19.3 Å². The van der Waals surface area contributed by atoms with E-state index in [4.69, 9.17) is 0 Å². The second-order valence-corrected chi connectivity index (χ2v) is 5.89. The third kappa shape index (κ3) is 3.14. The molecule has 2 rings (SSSR count). The maximum absolute atomic E-state index is 3.72. The molecule has 0 spiro atoms. The maximum atomic E-state index is 3.72. The molecule has 2 aliphatic rings. The molecule has 2 fully saturated rings. The van der Waals surface area contributed by atoms with Gasteiger partial charge in [0.15, 0.2) is 0 Å². The predicted molar refractivity (Wildman–Crippen MR) is 64.0 cm³/mol. The number of piperidine rings is 1. The summed E-state index contributed by atoms with van der Waals surface area (Å²) in [5.74, 6) is 3.60. The van der Waals surface area contributed by atoms with Crippen LogP contribution in [0.3, 0.4) is 0 Å². The molecule has 3 heteroatoms. The Hall–Kier alpha value is 0.270. The SMILES string of the molecule is CN1CCCC(CNC2CCSC2)C1. The van der Waals surface area contributed by atoms with Crippen LogP contribution in [0, 0.1) is 5.92 Å². The molecule has 2 nitrogen and oxygen atoms in total. The molecule has 0 bridgehead atoms. The van der Waals surface area contributed by atoms with E-state index in [2.05, 4.69) is 29.0 Å². The van der Waals surface area contributed by atoms with Crippen molar-refractivity contribution in [3.05, 3.63) is 0 Å². The Morgan fingerprint density at radius 2 is 2.36 bits per heavy atom. The molecule has 0 saturated carbocycles. The molecule has 2 unspecified atom stereocenters. The summed E-state index contributed by atoms with van der Waals surface area (Å²) in [7, 11) is 2.25. The number of hydrogen-bond acceptors (Lipinski definition) is 3. The normalized spacial score (nSPS) is 34.9. The van der Waals surface area contributed by atoms with Crippen LogP contribution in [-0.4, -0.2) is 49.1 Å². The van der Waals surface area contributed by atoms with Gasteiger partial charge < -0.3 is 10.2 Å². The summed E-state index contributed by atoms with van der Waals surface area (Å²) in [6.07, 6.45) is 4.20. The third-order valence-corrected chi connectivity index (χ3v) is 4.51. The summed E-state index contributed by atoms with van der Waals surface area (Å²) in [5.41, 5.74) is 0. The van der Waals surface area contributed by atoms with Crippen molar-refractivity contribution < 1.29 is 0 Å². The lowest BCUT2D eigenvalue weighted by molar-refractivity contribution is 0.203. The quantitative estimate of drug-likeness (QED) is 0.765. The number of nitrogens with zero attached hydrogens (tertiary/aromatic N) is 1. The van der Waals surface area contributed by atoms with Crippen LogP contribution in [0.4, 0.5) is 0 Å². The zero-order valence-corrected chi connectivity index (χ0v) is 9.98. The molecule has 2 saturated heterocycles. The van der Waals surface area contributed by atoms with Crippen molar-refractivity contribution in [3.8, 4) is 0 Å². The molecule has 0 aromatic rings. The van der Waals surface area contributed by atoms with Gasteiger partial charge in [-0.25, -0.2) is 0 Å². The van der Waals surface area contributed by atoms with Crippen LogP contribution in [0.15, 0.2) is 0 Å². The molecule has 0 aliphatic carbocycles. The lowest BCUT2D eigenvalue weighted by atomic mass is 9.98. The fraction of sp³-hybridized carbons (Fsp3) is 1.00. The molecular weight excluding hydrogens is 192 g/mol. The smallest absolute Gasteiger partial charge is 0.0166 e. The lowest BCUT2D eigenvalue weighted by Crippen LogP contribution is -2.40. The Balaban J connectivity index is 1.64. The van der Waals surface area contributed by atoms with Crippen LogP contribution in [0.2, 0.25) is 0 Å². The monoisotopic (exact) mass is 214 g/mol. The van der Waals surface area contributed by atoms with E-state index in [0.717, 1.165) is 12.0 Å². The van der Waals surface area contributed by atoms with E-state index in [0.29, 0.717) is 0 Å². The highest BCUT2D eigenvalue weighted by Gasteiger charge is 2.20. The first kappa shape index (κ1) is 10.8. The zero-order chi connectivity index (χ0) is 9.80. The molecule has 0 radical (unpaired) electrons. The molecule has 1 N–H and O–H groups in total. The minimum absolute atomic E-state index is 0.812. The average Bonchev–Trinajstić information content (AvgIpc) is 2.67. The van der Waals surface area contributed by atoms with E-state index in [-0.39, 0.29) is 0 Å². The standard InChI is InChI=1S/C11H22N2S/c1-13-5-2-3-10(8-13)7-12-11-4-6-14-9-11/h10-12H,2-9H2,1H3. The first-order valence-corrected chi connectivity index (χ1v) is 7.00. The van der Waals surface area contributed by atoms with Crippen LogP contribution in [-0.2, 0) is 0 Å². The zero-order valence-electron chi connectivity index (χ0n) is 9.17. The van der Waals surface area contributed by atoms with Crippen molar-refractivity contribution in [2.75, 3.05) is 38.2 Å². The molecule has 2 aliphatic heterocycles. The number of thioether (sulfide) groups is 1. The van der Waals surface area contributed by atoms with Crippen molar-refractivity contribution in [1.82, 2.24) is 10.2 Å². The van der Waals surface area contributed by atoms with Crippen LogP contribution < -0.4 is 5.32 Å². The second kappa shape index (κ2) is 5.38. The molecule has 0 aromatic carbocycles. The second-order valence-electron chi connectivity index (χ2n) is 4.74. The maximum Gasteiger partial charge on any atom is 0.0166 e. The molecule has 2 atom stereocenters. The molecule has 14 heavy (non-hydrogen) atoms.